The van der Waals surface area contributed by atoms with Gasteiger partial charge in [0, 0.05) is 12.2 Å². The third-order valence-corrected chi connectivity index (χ3v) is 2.59. The van der Waals surface area contributed by atoms with Gasteiger partial charge in [-0.25, -0.2) is 9.59 Å². The minimum absolute atomic E-state index is 0.230. The number of aldehydes is 1. The van der Waals surface area contributed by atoms with E-state index in [1.54, 1.807) is 30.3 Å². The molecule has 0 aliphatic carbocycles. The zero-order valence-corrected chi connectivity index (χ0v) is 12.5. The summed E-state index contributed by atoms with van der Waals surface area (Å²) in [4.78, 5) is 44.7. The highest BCUT2D eigenvalue weighted by molar-refractivity contribution is 5.91. The Balaban J connectivity index is 2.40. The van der Waals surface area contributed by atoms with Crippen molar-refractivity contribution in [2.24, 2.45) is 5.92 Å². The van der Waals surface area contributed by atoms with Gasteiger partial charge in [-0.2, -0.15) is 0 Å². The number of carbonyl (C=O) groups is 4. The molecule has 1 aromatic rings. The molecule has 0 bridgehead atoms. The average Bonchev–Trinajstić information content (AvgIpc) is 2.57. The van der Waals surface area contributed by atoms with E-state index in [4.69, 9.17) is 9.47 Å². The number of rotatable bonds is 8. The van der Waals surface area contributed by atoms with Gasteiger partial charge < -0.3 is 19.0 Å². The molecule has 122 valence electrons. The van der Waals surface area contributed by atoms with Crippen LogP contribution in [-0.4, -0.2) is 37.9 Å². The highest BCUT2D eigenvalue weighted by Crippen LogP contribution is 2.11. The van der Waals surface area contributed by atoms with Crippen molar-refractivity contribution in [2.75, 3.05) is 13.7 Å². The lowest BCUT2D eigenvalue weighted by Gasteiger charge is -2.10. The molecule has 1 atom stereocenters. The van der Waals surface area contributed by atoms with Crippen LogP contribution in [0.3, 0.4) is 0 Å². The molecule has 0 heterocycles. The number of esters is 3. The molecule has 0 amide bonds. The Bertz CT molecular complexity index is 577. The Morgan fingerprint density at radius 2 is 1.74 bits per heavy atom. The summed E-state index contributed by atoms with van der Waals surface area (Å²) < 4.78 is 14.1. The van der Waals surface area contributed by atoms with E-state index in [1.165, 1.54) is 7.11 Å². The topological polar surface area (TPSA) is 96.0 Å². The van der Waals surface area contributed by atoms with Crippen molar-refractivity contribution in [1.82, 2.24) is 0 Å². The third kappa shape index (κ3) is 7.56. The zero-order chi connectivity index (χ0) is 17.1. The second kappa shape index (κ2) is 9.88. The molecular weight excluding hydrogens is 304 g/mol. The van der Waals surface area contributed by atoms with Gasteiger partial charge in [0.05, 0.1) is 19.4 Å². The Labute approximate surface area is 132 Å². The van der Waals surface area contributed by atoms with Gasteiger partial charge in [-0.1, -0.05) is 18.2 Å². The summed E-state index contributed by atoms with van der Waals surface area (Å²) in [7, 11) is 1.17. The predicted molar refractivity (Wildman–Crippen MR) is 78.4 cm³/mol. The molecule has 1 unspecified atom stereocenters. The molecule has 0 radical (unpaired) electrons. The van der Waals surface area contributed by atoms with Crippen molar-refractivity contribution in [3.05, 3.63) is 42.5 Å². The van der Waals surface area contributed by atoms with E-state index in [-0.39, 0.29) is 13.0 Å². The van der Waals surface area contributed by atoms with Crippen LogP contribution in [0.5, 0.6) is 5.75 Å². The number of ether oxygens (including phenoxy) is 3. The Kier molecular flexibility index (Phi) is 7.77. The van der Waals surface area contributed by atoms with Crippen LogP contribution in [0, 0.1) is 5.92 Å². The first-order valence-corrected chi connectivity index (χ1v) is 6.69. The molecule has 0 saturated carbocycles. The van der Waals surface area contributed by atoms with E-state index in [1.807, 2.05) is 0 Å². The molecule has 0 spiro atoms. The molecule has 0 saturated heterocycles. The molecule has 0 fully saturated rings. The second-order valence-corrected chi connectivity index (χ2v) is 4.37. The van der Waals surface area contributed by atoms with E-state index in [9.17, 15) is 19.2 Å². The lowest BCUT2D eigenvalue weighted by molar-refractivity contribution is -0.144. The van der Waals surface area contributed by atoms with Gasteiger partial charge in [-0.3, -0.25) is 4.79 Å². The predicted octanol–water partition coefficient (Wildman–Crippen LogP) is 1.07. The fraction of sp³-hybridized carbons (Fsp3) is 0.250. The van der Waals surface area contributed by atoms with Crippen LogP contribution in [-0.2, 0) is 28.7 Å². The van der Waals surface area contributed by atoms with Crippen LogP contribution in [0.15, 0.2) is 42.5 Å². The van der Waals surface area contributed by atoms with E-state index in [0.29, 0.717) is 12.0 Å². The van der Waals surface area contributed by atoms with Crippen LogP contribution >= 0.6 is 0 Å². The summed E-state index contributed by atoms with van der Waals surface area (Å²) in [6.07, 6.45) is 2.04. The lowest BCUT2D eigenvalue weighted by Crippen LogP contribution is -2.20. The zero-order valence-electron chi connectivity index (χ0n) is 12.5. The monoisotopic (exact) mass is 320 g/mol. The molecule has 7 nitrogen and oxygen atoms in total. The van der Waals surface area contributed by atoms with Crippen molar-refractivity contribution in [3.8, 4) is 5.75 Å². The van der Waals surface area contributed by atoms with Gasteiger partial charge in [-0.15, -0.1) is 0 Å². The SMILES string of the molecule is COC(=O)/C=C/C(=O)OCC(C=O)CC(=O)Oc1ccccc1. The van der Waals surface area contributed by atoms with Gasteiger partial charge in [0.2, 0.25) is 0 Å². The fourth-order valence-corrected chi connectivity index (χ4v) is 1.46. The van der Waals surface area contributed by atoms with Gasteiger partial charge in [0.1, 0.15) is 18.6 Å². The Morgan fingerprint density at radius 1 is 1.09 bits per heavy atom. The quantitative estimate of drug-likeness (QED) is 0.306. The highest BCUT2D eigenvalue weighted by Gasteiger charge is 2.16. The maximum atomic E-state index is 11.7. The lowest BCUT2D eigenvalue weighted by atomic mass is 10.1. The van der Waals surface area contributed by atoms with Crippen molar-refractivity contribution in [2.45, 2.75) is 6.42 Å². The number of hydrogen-bond donors (Lipinski definition) is 0. The molecule has 1 rings (SSSR count). The van der Waals surface area contributed by atoms with Gasteiger partial charge in [0.15, 0.2) is 0 Å². The number of benzene rings is 1. The van der Waals surface area contributed by atoms with Crippen molar-refractivity contribution >= 4 is 24.2 Å². The summed E-state index contributed by atoms with van der Waals surface area (Å²) in [6.45, 7) is -0.294. The van der Waals surface area contributed by atoms with E-state index < -0.39 is 23.8 Å². The molecule has 0 N–H and O–H groups in total. The smallest absolute Gasteiger partial charge is 0.331 e. The Morgan fingerprint density at radius 3 is 2.35 bits per heavy atom. The standard InChI is InChI=1S/C16H16O7/c1-21-14(18)7-8-15(19)22-11-12(10-17)9-16(20)23-13-5-3-2-4-6-13/h2-8,10,12H,9,11H2,1H3/b8-7+. The normalized spacial score (nSPS) is 11.5. The van der Waals surface area contributed by atoms with Crippen molar-refractivity contribution in [3.63, 3.8) is 0 Å². The third-order valence-electron chi connectivity index (χ3n) is 2.59. The van der Waals surface area contributed by atoms with E-state index in [2.05, 4.69) is 4.74 Å². The molecule has 7 heteroatoms. The number of carbonyl (C=O) groups excluding carboxylic acids is 4. The molecule has 1 aromatic carbocycles. The minimum atomic E-state index is -0.832. The second-order valence-electron chi connectivity index (χ2n) is 4.37. The Hall–Kier alpha value is -2.96. The average molecular weight is 320 g/mol. The van der Waals surface area contributed by atoms with Gasteiger partial charge >= 0.3 is 17.9 Å². The molecule has 0 aromatic heterocycles. The maximum absolute atomic E-state index is 11.7. The maximum Gasteiger partial charge on any atom is 0.331 e. The number of para-hydroxylation sites is 1. The summed E-state index contributed by atoms with van der Waals surface area (Å²) in [6, 6.07) is 8.38. The minimum Gasteiger partial charge on any atom is -0.466 e. The fourth-order valence-electron chi connectivity index (χ4n) is 1.46. The molecular formula is C16H16O7. The highest BCUT2D eigenvalue weighted by atomic mass is 16.5. The molecule has 0 aliphatic heterocycles. The van der Waals surface area contributed by atoms with Crippen LogP contribution in [0.25, 0.3) is 0 Å². The summed E-state index contributed by atoms with van der Waals surface area (Å²) >= 11 is 0. The first kappa shape index (κ1) is 18.1. The first-order valence-electron chi connectivity index (χ1n) is 6.69. The largest absolute Gasteiger partial charge is 0.466 e. The summed E-state index contributed by atoms with van der Waals surface area (Å²) in [5.74, 6) is -2.62. The number of methoxy groups -OCH3 is 1. The molecule has 0 aliphatic rings. The van der Waals surface area contributed by atoms with Gasteiger partial charge in [0.25, 0.3) is 0 Å². The molecule has 23 heavy (non-hydrogen) atoms. The summed E-state index contributed by atoms with van der Waals surface area (Å²) in [5.41, 5.74) is 0. The van der Waals surface area contributed by atoms with Crippen LogP contribution < -0.4 is 4.74 Å². The van der Waals surface area contributed by atoms with Crippen LogP contribution in [0.4, 0.5) is 0 Å². The summed E-state index contributed by atoms with van der Waals surface area (Å²) in [5, 5.41) is 0. The van der Waals surface area contributed by atoms with E-state index in [0.717, 1.165) is 12.2 Å². The van der Waals surface area contributed by atoms with Gasteiger partial charge in [-0.05, 0) is 12.1 Å². The van der Waals surface area contributed by atoms with Crippen molar-refractivity contribution in [1.29, 1.82) is 0 Å². The van der Waals surface area contributed by atoms with Crippen LogP contribution in [0.1, 0.15) is 6.42 Å². The first-order chi connectivity index (χ1) is 11.0. The van der Waals surface area contributed by atoms with Crippen molar-refractivity contribution < 1.29 is 33.4 Å². The number of hydrogen-bond acceptors (Lipinski definition) is 7. The van der Waals surface area contributed by atoms with Crippen LogP contribution in [0.2, 0.25) is 0 Å². The van der Waals surface area contributed by atoms with E-state index >= 15 is 0 Å².